The molecule has 7 heteroatoms. The smallest absolute Gasteiger partial charge is 0.427 e. The summed E-state index contributed by atoms with van der Waals surface area (Å²) >= 11 is 0. The summed E-state index contributed by atoms with van der Waals surface area (Å²) in [6.07, 6.45) is 1.10. The molecule has 0 aromatic heterocycles. The van der Waals surface area contributed by atoms with Gasteiger partial charge < -0.3 is 9.64 Å². The largest absolute Gasteiger partial charge is 0.443 e. The highest BCUT2D eigenvalue weighted by molar-refractivity contribution is 6.09. The molecule has 0 spiro atoms. The van der Waals surface area contributed by atoms with Gasteiger partial charge in [0.15, 0.2) is 0 Å². The van der Waals surface area contributed by atoms with Crippen molar-refractivity contribution in [2.24, 2.45) is 0 Å². The molecule has 37 heavy (non-hydrogen) atoms. The summed E-state index contributed by atoms with van der Waals surface area (Å²) < 4.78 is 5.40. The first-order chi connectivity index (χ1) is 17.5. The number of hydrogen-bond donors (Lipinski definition) is 1. The van der Waals surface area contributed by atoms with Crippen molar-refractivity contribution in [1.82, 2.24) is 5.43 Å². The molecule has 0 unspecified atom stereocenters. The summed E-state index contributed by atoms with van der Waals surface area (Å²) in [7, 11) is 0. The van der Waals surface area contributed by atoms with E-state index in [1.54, 1.807) is 62.1 Å². The van der Waals surface area contributed by atoms with Gasteiger partial charge in [0, 0.05) is 23.4 Å². The minimum absolute atomic E-state index is 0.105. The lowest BCUT2D eigenvalue weighted by Crippen LogP contribution is -2.48. The SMILES string of the molecule is Cc1cccc(C(=O)N(NC(=O)OC(C)(C)C)c2ccc(C(=O)N3CCCc4ccccc43)cc2)c1C. The Hall–Kier alpha value is -4.13. The van der Waals surface area contributed by atoms with Gasteiger partial charge in [0.05, 0.1) is 5.69 Å². The Morgan fingerprint density at radius 1 is 0.919 bits per heavy atom. The fraction of sp³-hybridized carbons (Fsp3) is 0.300. The average molecular weight is 500 g/mol. The Bertz CT molecular complexity index is 1330. The maximum absolute atomic E-state index is 13.6. The third kappa shape index (κ3) is 5.82. The summed E-state index contributed by atoms with van der Waals surface area (Å²) in [6.45, 7) is 9.70. The van der Waals surface area contributed by atoms with Crippen LogP contribution in [-0.4, -0.2) is 30.1 Å². The maximum atomic E-state index is 13.6. The third-order valence-corrected chi connectivity index (χ3v) is 6.37. The van der Waals surface area contributed by atoms with Crippen molar-refractivity contribution in [3.63, 3.8) is 0 Å². The van der Waals surface area contributed by atoms with E-state index >= 15 is 0 Å². The number of nitrogens with zero attached hydrogens (tertiary/aromatic N) is 2. The number of fused-ring (bicyclic) bond motifs is 1. The molecule has 3 amide bonds. The first-order valence-corrected chi connectivity index (χ1v) is 12.5. The van der Waals surface area contributed by atoms with Crippen LogP contribution in [0.25, 0.3) is 0 Å². The molecule has 3 aromatic carbocycles. The molecule has 0 bridgehead atoms. The molecule has 0 atom stereocenters. The zero-order chi connectivity index (χ0) is 26.7. The lowest BCUT2D eigenvalue weighted by Gasteiger charge is -2.30. The van der Waals surface area contributed by atoms with E-state index in [1.165, 1.54) is 5.01 Å². The number of anilines is 2. The monoisotopic (exact) mass is 499 g/mol. The van der Waals surface area contributed by atoms with Gasteiger partial charge in [-0.15, -0.1) is 0 Å². The molecule has 0 saturated carbocycles. The number of benzene rings is 3. The Kier molecular flexibility index (Phi) is 7.34. The molecule has 0 fully saturated rings. The number of rotatable bonds is 3. The number of ether oxygens (including phenoxy) is 1. The number of para-hydroxylation sites is 1. The van der Waals surface area contributed by atoms with Crippen LogP contribution in [0.15, 0.2) is 66.7 Å². The van der Waals surface area contributed by atoms with Crippen LogP contribution >= 0.6 is 0 Å². The topological polar surface area (TPSA) is 79.0 Å². The normalized spacial score (nSPS) is 12.9. The van der Waals surface area contributed by atoms with Crippen molar-refractivity contribution in [2.75, 3.05) is 16.5 Å². The quantitative estimate of drug-likeness (QED) is 0.450. The zero-order valence-electron chi connectivity index (χ0n) is 22.0. The molecule has 0 aliphatic carbocycles. The second-order valence-corrected chi connectivity index (χ2v) is 10.2. The molecule has 1 aliphatic rings. The minimum atomic E-state index is -0.753. The van der Waals surface area contributed by atoms with Crippen molar-refractivity contribution in [3.05, 3.63) is 94.5 Å². The van der Waals surface area contributed by atoms with Crippen LogP contribution in [0.4, 0.5) is 16.2 Å². The number of carbonyl (C=O) groups is 3. The van der Waals surface area contributed by atoms with Crippen molar-refractivity contribution in [3.8, 4) is 0 Å². The van der Waals surface area contributed by atoms with Gasteiger partial charge in [-0.3, -0.25) is 9.59 Å². The number of aryl methyl sites for hydroxylation is 2. The lowest BCUT2D eigenvalue weighted by molar-refractivity contribution is 0.0510. The average Bonchev–Trinajstić information content (AvgIpc) is 2.87. The Balaban J connectivity index is 1.64. The summed E-state index contributed by atoms with van der Waals surface area (Å²) in [5.74, 6) is -0.512. The van der Waals surface area contributed by atoms with Gasteiger partial charge >= 0.3 is 6.09 Å². The van der Waals surface area contributed by atoms with Crippen LogP contribution in [0.5, 0.6) is 0 Å². The van der Waals surface area contributed by atoms with Crippen molar-refractivity contribution in [2.45, 2.75) is 53.1 Å². The molecular formula is C30H33N3O4. The number of nitrogens with one attached hydrogen (secondary N) is 1. The van der Waals surface area contributed by atoms with Crippen molar-refractivity contribution in [1.29, 1.82) is 0 Å². The first kappa shape index (κ1) is 25.9. The molecule has 4 rings (SSSR count). The van der Waals surface area contributed by atoms with Crippen molar-refractivity contribution < 1.29 is 19.1 Å². The predicted molar refractivity (Wildman–Crippen MR) is 145 cm³/mol. The number of hydrazine groups is 1. The molecule has 0 saturated heterocycles. The highest BCUT2D eigenvalue weighted by Crippen LogP contribution is 2.29. The van der Waals surface area contributed by atoms with Gasteiger partial charge in [-0.1, -0.05) is 30.3 Å². The molecule has 7 nitrogen and oxygen atoms in total. The lowest BCUT2D eigenvalue weighted by atomic mass is 10.0. The van der Waals surface area contributed by atoms with Gasteiger partial charge in [0.25, 0.3) is 11.8 Å². The summed E-state index contributed by atoms with van der Waals surface area (Å²) in [4.78, 5) is 41.4. The van der Waals surface area contributed by atoms with E-state index in [2.05, 4.69) is 11.5 Å². The van der Waals surface area contributed by atoms with E-state index in [0.717, 1.165) is 35.2 Å². The van der Waals surface area contributed by atoms with E-state index in [4.69, 9.17) is 4.74 Å². The van der Waals surface area contributed by atoms with Gasteiger partial charge in [-0.2, -0.15) is 0 Å². The minimum Gasteiger partial charge on any atom is -0.443 e. The van der Waals surface area contributed by atoms with Crippen LogP contribution < -0.4 is 15.3 Å². The van der Waals surface area contributed by atoms with Crippen molar-refractivity contribution >= 4 is 29.3 Å². The molecule has 0 radical (unpaired) electrons. The Morgan fingerprint density at radius 3 is 2.32 bits per heavy atom. The summed E-state index contributed by atoms with van der Waals surface area (Å²) in [6, 6.07) is 20.1. The summed E-state index contributed by atoms with van der Waals surface area (Å²) in [5.41, 5.74) is 7.09. The van der Waals surface area contributed by atoms with E-state index in [1.807, 2.05) is 38.1 Å². The second kappa shape index (κ2) is 10.5. The van der Waals surface area contributed by atoms with E-state index in [9.17, 15) is 14.4 Å². The molecule has 1 heterocycles. The van der Waals surface area contributed by atoms with Crippen LogP contribution in [0.2, 0.25) is 0 Å². The van der Waals surface area contributed by atoms with Crippen LogP contribution in [0, 0.1) is 13.8 Å². The highest BCUT2D eigenvalue weighted by atomic mass is 16.6. The van der Waals surface area contributed by atoms with Gasteiger partial charge in [-0.25, -0.2) is 15.2 Å². The maximum Gasteiger partial charge on any atom is 0.427 e. The van der Waals surface area contributed by atoms with Crippen LogP contribution in [-0.2, 0) is 11.2 Å². The van der Waals surface area contributed by atoms with Gasteiger partial charge in [0.1, 0.15) is 5.60 Å². The van der Waals surface area contributed by atoms with Crippen LogP contribution in [0.3, 0.4) is 0 Å². The molecule has 1 N–H and O–H groups in total. The zero-order valence-corrected chi connectivity index (χ0v) is 22.0. The standard InChI is InChI=1S/C30H33N3O4/c1-20-10-8-13-25(21(20)2)28(35)33(31-29(36)37-30(3,4)5)24-17-15-23(16-18-24)27(34)32-19-9-12-22-11-6-7-14-26(22)32/h6-8,10-11,13-18H,9,12,19H2,1-5H3,(H,31,36). The van der Waals surface area contributed by atoms with E-state index < -0.39 is 17.6 Å². The fourth-order valence-corrected chi connectivity index (χ4v) is 4.38. The molecule has 192 valence electrons. The summed E-state index contributed by atoms with van der Waals surface area (Å²) in [5, 5.41) is 1.17. The Morgan fingerprint density at radius 2 is 1.62 bits per heavy atom. The van der Waals surface area contributed by atoms with E-state index in [-0.39, 0.29) is 5.91 Å². The molecule has 3 aromatic rings. The first-order valence-electron chi connectivity index (χ1n) is 12.5. The third-order valence-electron chi connectivity index (χ3n) is 6.37. The number of carbonyl (C=O) groups excluding carboxylic acids is 3. The van der Waals surface area contributed by atoms with E-state index in [0.29, 0.717) is 23.4 Å². The Labute approximate surface area is 218 Å². The van der Waals surface area contributed by atoms with Gasteiger partial charge in [0.2, 0.25) is 0 Å². The highest BCUT2D eigenvalue weighted by Gasteiger charge is 2.27. The molecular weight excluding hydrogens is 466 g/mol. The number of amides is 3. The molecule has 1 aliphatic heterocycles. The predicted octanol–water partition coefficient (Wildman–Crippen LogP) is 5.98. The second-order valence-electron chi connectivity index (χ2n) is 10.2. The fourth-order valence-electron chi connectivity index (χ4n) is 4.38. The van der Waals surface area contributed by atoms with Gasteiger partial charge in [-0.05, 0) is 101 Å². The van der Waals surface area contributed by atoms with Crippen LogP contribution in [0.1, 0.15) is 64.6 Å². The number of hydrogen-bond acceptors (Lipinski definition) is 4.